The van der Waals surface area contributed by atoms with E-state index in [1.165, 1.54) is 23.4 Å². The van der Waals surface area contributed by atoms with Gasteiger partial charge in [-0.05, 0) is 42.8 Å². The first kappa shape index (κ1) is 18.6. The van der Waals surface area contributed by atoms with Crippen molar-refractivity contribution in [2.75, 3.05) is 12.9 Å². The highest BCUT2D eigenvalue weighted by atomic mass is 32.2. The van der Waals surface area contributed by atoms with Crippen molar-refractivity contribution in [2.24, 2.45) is 0 Å². The normalized spacial score (nSPS) is 10.5. The van der Waals surface area contributed by atoms with Gasteiger partial charge in [-0.1, -0.05) is 29.8 Å². The summed E-state index contributed by atoms with van der Waals surface area (Å²) >= 11 is 1.41. The van der Waals surface area contributed by atoms with E-state index in [0.717, 1.165) is 16.2 Å². The first-order valence-corrected chi connectivity index (χ1v) is 8.66. The van der Waals surface area contributed by atoms with E-state index < -0.39 is 5.91 Å². The van der Waals surface area contributed by atoms with E-state index in [2.05, 4.69) is 10.9 Å². The van der Waals surface area contributed by atoms with Gasteiger partial charge in [0, 0.05) is 11.0 Å². The van der Waals surface area contributed by atoms with Crippen LogP contribution in [0.25, 0.3) is 6.08 Å². The van der Waals surface area contributed by atoms with Gasteiger partial charge in [-0.3, -0.25) is 20.4 Å². The Morgan fingerprint density at radius 3 is 2.36 bits per heavy atom. The predicted molar refractivity (Wildman–Crippen MR) is 100 cm³/mol. The summed E-state index contributed by atoms with van der Waals surface area (Å²) in [5, 5.41) is 0. The topological polar surface area (TPSA) is 67.4 Å². The minimum Gasteiger partial charge on any atom is -0.497 e. The number of nitrogens with one attached hydrogen (secondary N) is 2. The van der Waals surface area contributed by atoms with Crippen LogP contribution in [-0.2, 0) is 9.59 Å². The molecule has 2 aromatic rings. The van der Waals surface area contributed by atoms with Crippen molar-refractivity contribution in [3.8, 4) is 5.75 Å². The highest BCUT2D eigenvalue weighted by Crippen LogP contribution is 2.17. The van der Waals surface area contributed by atoms with Gasteiger partial charge in [0.05, 0.1) is 12.9 Å². The minimum atomic E-state index is -0.399. The Kier molecular flexibility index (Phi) is 7.10. The summed E-state index contributed by atoms with van der Waals surface area (Å²) in [5.74, 6) is 0.312. The molecule has 0 aliphatic carbocycles. The number of hydrogen-bond acceptors (Lipinski definition) is 4. The lowest BCUT2D eigenvalue weighted by atomic mass is 10.2. The summed E-state index contributed by atoms with van der Waals surface area (Å²) < 4.78 is 5.07. The van der Waals surface area contributed by atoms with E-state index in [1.807, 2.05) is 55.5 Å². The predicted octanol–water partition coefficient (Wildman–Crippen LogP) is 2.96. The maximum absolute atomic E-state index is 11.7. The van der Waals surface area contributed by atoms with Crippen LogP contribution in [0, 0.1) is 6.92 Å². The molecule has 0 fully saturated rings. The smallest absolute Gasteiger partial charge is 0.262 e. The van der Waals surface area contributed by atoms with Gasteiger partial charge in [-0.25, -0.2) is 0 Å². The second-order valence-electron chi connectivity index (χ2n) is 5.25. The second kappa shape index (κ2) is 9.54. The van der Waals surface area contributed by atoms with Crippen LogP contribution in [0.1, 0.15) is 11.1 Å². The summed E-state index contributed by atoms with van der Waals surface area (Å²) in [6.07, 6.45) is 3.01. The van der Waals surface area contributed by atoms with Gasteiger partial charge in [0.1, 0.15) is 5.75 Å². The monoisotopic (exact) mass is 356 g/mol. The first-order valence-electron chi connectivity index (χ1n) is 7.67. The van der Waals surface area contributed by atoms with Crippen LogP contribution in [0.15, 0.2) is 59.5 Å². The summed E-state index contributed by atoms with van der Waals surface area (Å²) in [4.78, 5) is 24.5. The number of ether oxygens (including phenoxy) is 1. The van der Waals surface area contributed by atoms with Crippen molar-refractivity contribution in [2.45, 2.75) is 11.8 Å². The lowest BCUT2D eigenvalue weighted by Gasteiger charge is -2.05. The molecule has 2 rings (SSSR count). The number of hydrazine groups is 1. The molecule has 2 aromatic carbocycles. The van der Waals surface area contributed by atoms with Crippen LogP contribution < -0.4 is 15.6 Å². The first-order chi connectivity index (χ1) is 12.1. The molecule has 0 atom stereocenters. The quantitative estimate of drug-likeness (QED) is 0.474. The average Bonchev–Trinajstić information content (AvgIpc) is 2.64. The highest BCUT2D eigenvalue weighted by molar-refractivity contribution is 8.00. The van der Waals surface area contributed by atoms with Gasteiger partial charge in [-0.15, -0.1) is 11.8 Å². The Bertz CT molecular complexity index is 740. The highest BCUT2D eigenvalue weighted by Gasteiger charge is 2.04. The number of rotatable bonds is 6. The van der Waals surface area contributed by atoms with Crippen LogP contribution in [0.4, 0.5) is 0 Å². The van der Waals surface area contributed by atoms with Crippen LogP contribution in [0.2, 0.25) is 0 Å². The molecule has 2 N–H and O–H groups in total. The van der Waals surface area contributed by atoms with Crippen molar-refractivity contribution >= 4 is 29.7 Å². The van der Waals surface area contributed by atoms with E-state index in [4.69, 9.17) is 4.74 Å². The maximum atomic E-state index is 11.7. The van der Waals surface area contributed by atoms with Gasteiger partial charge in [-0.2, -0.15) is 0 Å². The van der Waals surface area contributed by atoms with Crippen LogP contribution in [-0.4, -0.2) is 24.7 Å². The van der Waals surface area contributed by atoms with Gasteiger partial charge in [0.25, 0.3) is 5.91 Å². The second-order valence-corrected chi connectivity index (χ2v) is 6.29. The molecule has 0 aliphatic rings. The fraction of sp³-hybridized carbons (Fsp3) is 0.158. The number of carbonyl (C=O) groups excluding carboxylic acids is 2. The van der Waals surface area contributed by atoms with Crippen molar-refractivity contribution < 1.29 is 14.3 Å². The lowest BCUT2D eigenvalue weighted by Crippen LogP contribution is -2.41. The zero-order chi connectivity index (χ0) is 18.1. The third kappa shape index (κ3) is 6.73. The molecule has 2 amide bonds. The Balaban J connectivity index is 1.72. The van der Waals surface area contributed by atoms with Gasteiger partial charge < -0.3 is 4.74 Å². The number of carbonyl (C=O) groups is 2. The van der Waals surface area contributed by atoms with Gasteiger partial charge in [0.15, 0.2) is 0 Å². The molecule has 0 radical (unpaired) electrons. The molecular weight excluding hydrogens is 336 g/mol. The third-order valence-corrected chi connectivity index (χ3v) is 4.27. The zero-order valence-corrected chi connectivity index (χ0v) is 14.9. The van der Waals surface area contributed by atoms with E-state index in [-0.39, 0.29) is 11.7 Å². The fourth-order valence-corrected chi connectivity index (χ4v) is 2.58. The molecule has 0 aliphatic heterocycles. The van der Waals surface area contributed by atoms with Crippen LogP contribution in [0.5, 0.6) is 5.75 Å². The summed E-state index contributed by atoms with van der Waals surface area (Å²) in [7, 11) is 1.60. The summed E-state index contributed by atoms with van der Waals surface area (Å²) in [5.41, 5.74) is 6.77. The molecule has 0 saturated heterocycles. The molecule has 0 spiro atoms. The van der Waals surface area contributed by atoms with E-state index in [9.17, 15) is 9.59 Å². The van der Waals surface area contributed by atoms with Crippen LogP contribution in [0.3, 0.4) is 0 Å². The number of benzene rings is 2. The van der Waals surface area contributed by atoms with E-state index in [1.54, 1.807) is 13.2 Å². The molecule has 6 heteroatoms. The molecular formula is C19H20N2O3S. The lowest BCUT2D eigenvalue weighted by molar-refractivity contribution is -0.125. The standard InChI is InChI=1S/C19H20N2O3S/c1-14-3-10-17(11-4-14)25-13-19(23)21-20-18(22)12-7-15-5-8-16(24-2)9-6-15/h3-12H,13H2,1-2H3,(H,20,22)(H,21,23)/b12-7+. The summed E-state index contributed by atoms with van der Waals surface area (Å²) in [6.45, 7) is 2.01. The maximum Gasteiger partial charge on any atom is 0.262 e. The Labute approximate surface area is 151 Å². The molecule has 0 bridgehead atoms. The third-order valence-electron chi connectivity index (χ3n) is 3.26. The fourth-order valence-electron chi connectivity index (χ4n) is 1.88. The average molecular weight is 356 g/mol. The number of aryl methyl sites for hydroxylation is 1. The number of amides is 2. The molecule has 0 heterocycles. The molecule has 0 saturated carbocycles. The van der Waals surface area contributed by atoms with Crippen molar-refractivity contribution in [1.29, 1.82) is 0 Å². The number of hydrogen-bond donors (Lipinski definition) is 2. The zero-order valence-electron chi connectivity index (χ0n) is 14.1. The number of methoxy groups -OCH3 is 1. The molecule has 0 aromatic heterocycles. The summed E-state index contributed by atoms with van der Waals surface area (Å²) in [6, 6.07) is 15.2. The Hall–Kier alpha value is -2.73. The SMILES string of the molecule is COc1ccc(/C=C/C(=O)NNC(=O)CSc2ccc(C)cc2)cc1. The van der Waals surface area contributed by atoms with E-state index in [0.29, 0.717) is 0 Å². The van der Waals surface area contributed by atoms with Crippen molar-refractivity contribution in [3.63, 3.8) is 0 Å². The molecule has 130 valence electrons. The Morgan fingerprint density at radius 1 is 1.04 bits per heavy atom. The van der Waals surface area contributed by atoms with Crippen LogP contribution >= 0.6 is 11.8 Å². The van der Waals surface area contributed by atoms with Gasteiger partial charge >= 0.3 is 0 Å². The van der Waals surface area contributed by atoms with E-state index >= 15 is 0 Å². The number of thioether (sulfide) groups is 1. The minimum absolute atomic E-state index is 0.228. The molecule has 5 nitrogen and oxygen atoms in total. The van der Waals surface area contributed by atoms with Crippen molar-refractivity contribution in [3.05, 3.63) is 65.7 Å². The van der Waals surface area contributed by atoms with Crippen molar-refractivity contribution in [1.82, 2.24) is 10.9 Å². The Morgan fingerprint density at radius 2 is 1.72 bits per heavy atom. The van der Waals surface area contributed by atoms with Gasteiger partial charge in [0.2, 0.25) is 5.91 Å². The molecule has 0 unspecified atom stereocenters. The molecule has 25 heavy (non-hydrogen) atoms. The largest absolute Gasteiger partial charge is 0.497 e.